The molecule has 0 radical (unpaired) electrons. The van der Waals surface area contributed by atoms with E-state index in [0.29, 0.717) is 6.04 Å². The van der Waals surface area contributed by atoms with E-state index in [4.69, 9.17) is 0 Å². The summed E-state index contributed by atoms with van der Waals surface area (Å²) in [6.07, 6.45) is 2.83. The SMILES string of the molecule is Cc1cccc(C2(C(=O)O)CC3CCC2N3)c1. The Hall–Kier alpha value is -1.35. The topological polar surface area (TPSA) is 49.3 Å². The van der Waals surface area contributed by atoms with Crippen LogP contribution in [0.3, 0.4) is 0 Å². The van der Waals surface area contributed by atoms with E-state index in [-0.39, 0.29) is 6.04 Å². The summed E-state index contributed by atoms with van der Waals surface area (Å²) >= 11 is 0. The Morgan fingerprint density at radius 1 is 1.47 bits per heavy atom. The van der Waals surface area contributed by atoms with Crippen LogP contribution < -0.4 is 5.32 Å². The summed E-state index contributed by atoms with van der Waals surface area (Å²) in [5.41, 5.74) is 1.39. The fourth-order valence-corrected chi connectivity index (χ4v) is 3.50. The molecule has 2 aliphatic heterocycles. The fraction of sp³-hybridized carbons (Fsp3) is 0.500. The molecule has 0 saturated carbocycles. The second-order valence-electron chi connectivity index (χ2n) is 5.34. The molecule has 2 N–H and O–H groups in total. The van der Waals surface area contributed by atoms with Gasteiger partial charge in [-0.3, -0.25) is 4.79 Å². The molecule has 0 spiro atoms. The maximum atomic E-state index is 11.8. The van der Waals surface area contributed by atoms with Gasteiger partial charge in [0.2, 0.25) is 0 Å². The zero-order chi connectivity index (χ0) is 12.0. The van der Waals surface area contributed by atoms with Crippen molar-refractivity contribution in [1.29, 1.82) is 0 Å². The molecule has 3 unspecified atom stereocenters. The van der Waals surface area contributed by atoms with Crippen LogP contribution in [0, 0.1) is 6.92 Å². The van der Waals surface area contributed by atoms with Crippen LogP contribution in [0.15, 0.2) is 24.3 Å². The van der Waals surface area contributed by atoms with Gasteiger partial charge in [0, 0.05) is 12.1 Å². The molecule has 2 fully saturated rings. The molecule has 2 saturated heterocycles. The molecule has 3 atom stereocenters. The van der Waals surface area contributed by atoms with Crippen LogP contribution in [0.4, 0.5) is 0 Å². The Morgan fingerprint density at radius 3 is 2.82 bits per heavy atom. The third-order valence-electron chi connectivity index (χ3n) is 4.32. The maximum absolute atomic E-state index is 11.8. The first-order valence-corrected chi connectivity index (χ1v) is 6.19. The molecule has 17 heavy (non-hydrogen) atoms. The maximum Gasteiger partial charge on any atom is 0.315 e. The lowest BCUT2D eigenvalue weighted by Crippen LogP contribution is -2.46. The quantitative estimate of drug-likeness (QED) is 0.816. The van der Waals surface area contributed by atoms with Gasteiger partial charge in [0.25, 0.3) is 0 Å². The van der Waals surface area contributed by atoms with E-state index in [9.17, 15) is 9.90 Å². The Kier molecular flexibility index (Phi) is 2.26. The monoisotopic (exact) mass is 231 g/mol. The minimum atomic E-state index is -0.699. The van der Waals surface area contributed by atoms with Crippen molar-refractivity contribution in [1.82, 2.24) is 5.32 Å². The minimum absolute atomic E-state index is 0.104. The molecule has 3 heteroatoms. The number of carbonyl (C=O) groups is 1. The number of carboxylic acid groups (broad SMARTS) is 1. The number of aryl methyl sites for hydroxylation is 1. The van der Waals surface area contributed by atoms with E-state index in [1.54, 1.807) is 0 Å². The van der Waals surface area contributed by atoms with Crippen LogP contribution in [0.2, 0.25) is 0 Å². The normalized spacial score (nSPS) is 35.1. The Morgan fingerprint density at radius 2 is 2.29 bits per heavy atom. The van der Waals surface area contributed by atoms with Gasteiger partial charge in [0.1, 0.15) is 5.41 Å². The summed E-state index contributed by atoms with van der Waals surface area (Å²) in [4.78, 5) is 11.8. The number of hydrogen-bond donors (Lipinski definition) is 2. The van der Waals surface area contributed by atoms with Gasteiger partial charge < -0.3 is 10.4 Å². The van der Waals surface area contributed by atoms with Crippen molar-refractivity contribution in [2.75, 3.05) is 0 Å². The first-order chi connectivity index (χ1) is 8.13. The predicted molar refractivity (Wildman–Crippen MR) is 65.1 cm³/mol. The molecule has 3 nitrogen and oxygen atoms in total. The van der Waals surface area contributed by atoms with Crippen LogP contribution in [0.1, 0.15) is 30.4 Å². The number of rotatable bonds is 2. The second-order valence-corrected chi connectivity index (χ2v) is 5.34. The molecule has 3 rings (SSSR count). The second kappa shape index (κ2) is 3.57. The van der Waals surface area contributed by atoms with Crippen LogP contribution in [0.25, 0.3) is 0 Å². The smallest absolute Gasteiger partial charge is 0.315 e. The van der Waals surface area contributed by atoms with Crippen LogP contribution in [0.5, 0.6) is 0 Å². The molecule has 2 aliphatic rings. The summed E-state index contributed by atoms with van der Waals surface area (Å²) in [5, 5.41) is 13.1. The lowest BCUT2D eigenvalue weighted by Gasteiger charge is -2.33. The molecule has 0 amide bonds. The fourth-order valence-electron chi connectivity index (χ4n) is 3.50. The summed E-state index contributed by atoms with van der Waals surface area (Å²) in [7, 11) is 0. The standard InChI is InChI=1S/C14H17NO2/c1-9-3-2-4-10(7-9)14(13(16)17)8-11-5-6-12(14)15-11/h2-4,7,11-12,15H,5-6,8H2,1H3,(H,16,17). The highest BCUT2D eigenvalue weighted by molar-refractivity contribution is 5.83. The highest BCUT2D eigenvalue weighted by atomic mass is 16.4. The van der Waals surface area contributed by atoms with Gasteiger partial charge in [-0.1, -0.05) is 29.8 Å². The Labute approximate surface area is 101 Å². The van der Waals surface area contributed by atoms with Gasteiger partial charge in [-0.05, 0) is 31.7 Å². The predicted octanol–water partition coefficient (Wildman–Crippen LogP) is 1.84. The van der Waals surface area contributed by atoms with Gasteiger partial charge in [0.15, 0.2) is 0 Å². The summed E-state index contributed by atoms with van der Waals surface area (Å²) < 4.78 is 0. The number of aliphatic carboxylic acids is 1. The minimum Gasteiger partial charge on any atom is -0.481 e. The van der Waals surface area contributed by atoms with Crippen molar-refractivity contribution >= 4 is 5.97 Å². The van der Waals surface area contributed by atoms with Crippen molar-refractivity contribution in [2.45, 2.75) is 43.7 Å². The number of nitrogens with one attached hydrogen (secondary N) is 1. The molecule has 2 heterocycles. The average molecular weight is 231 g/mol. The molecule has 0 aromatic heterocycles. The van der Waals surface area contributed by atoms with Gasteiger partial charge >= 0.3 is 5.97 Å². The molecular weight excluding hydrogens is 214 g/mol. The van der Waals surface area contributed by atoms with Crippen LogP contribution in [-0.4, -0.2) is 23.2 Å². The zero-order valence-corrected chi connectivity index (χ0v) is 9.94. The highest BCUT2D eigenvalue weighted by Gasteiger charge is 2.56. The zero-order valence-electron chi connectivity index (χ0n) is 9.94. The largest absolute Gasteiger partial charge is 0.481 e. The van der Waals surface area contributed by atoms with Gasteiger partial charge in [-0.2, -0.15) is 0 Å². The Balaban J connectivity index is 2.10. The molecule has 0 aliphatic carbocycles. The number of carboxylic acids is 1. The van der Waals surface area contributed by atoms with E-state index < -0.39 is 11.4 Å². The number of benzene rings is 1. The molecular formula is C14H17NO2. The molecule has 1 aromatic rings. The van der Waals surface area contributed by atoms with Crippen molar-refractivity contribution in [3.05, 3.63) is 35.4 Å². The summed E-state index contributed by atoms with van der Waals surface area (Å²) in [5.74, 6) is -0.678. The molecule has 1 aromatic carbocycles. The first-order valence-electron chi connectivity index (χ1n) is 6.19. The summed E-state index contributed by atoms with van der Waals surface area (Å²) in [6, 6.07) is 8.45. The van der Waals surface area contributed by atoms with E-state index >= 15 is 0 Å². The van der Waals surface area contributed by atoms with Crippen LogP contribution in [-0.2, 0) is 10.2 Å². The number of hydrogen-bond acceptors (Lipinski definition) is 2. The van der Waals surface area contributed by atoms with E-state index in [1.165, 1.54) is 0 Å². The third kappa shape index (κ3) is 1.42. The van der Waals surface area contributed by atoms with Crippen molar-refractivity contribution in [3.8, 4) is 0 Å². The third-order valence-corrected chi connectivity index (χ3v) is 4.32. The van der Waals surface area contributed by atoms with Crippen molar-refractivity contribution < 1.29 is 9.90 Å². The average Bonchev–Trinajstić information content (AvgIpc) is 2.89. The van der Waals surface area contributed by atoms with E-state index in [2.05, 4.69) is 5.32 Å². The van der Waals surface area contributed by atoms with Crippen molar-refractivity contribution in [2.24, 2.45) is 0 Å². The van der Waals surface area contributed by atoms with Gasteiger partial charge in [-0.25, -0.2) is 0 Å². The van der Waals surface area contributed by atoms with E-state index in [1.807, 2.05) is 31.2 Å². The van der Waals surface area contributed by atoms with E-state index in [0.717, 1.165) is 30.4 Å². The molecule has 90 valence electrons. The Bertz CT molecular complexity index is 471. The first kappa shape index (κ1) is 10.8. The van der Waals surface area contributed by atoms with Crippen molar-refractivity contribution in [3.63, 3.8) is 0 Å². The van der Waals surface area contributed by atoms with Gasteiger partial charge in [-0.15, -0.1) is 0 Å². The van der Waals surface area contributed by atoms with Gasteiger partial charge in [0.05, 0.1) is 0 Å². The lowest BCUT2D eigenvalue weighted by molar-refractivity contribution is -0.144. The number of fused-ring (bicyclic) bond motifs is 2. The molecule has 2 bridgehead atoms. The summed E-state index contributed by atoms with van der Waals surface area (Å²) in [6.45, 7) is 2.01. The van der Waals surface area contributed by atoms with Crippen LogP contribution >= 0.6 is 0 Å². The highest BCUT2D eigenvalue weighted by Crippen LogP contribution is 2.45. The lowest BCUT2D eigenvalue weighted by atomic mass is 9.69.